The highest BCUT2D eigenvalue weighted by Crippen LogP contribution is 2.23. The van der Waals surface area contributed by atoms with Crippen LogP contribution in [-0.2, 0) is 6.54 Å². The monoisotopic (exact) mass is 235 g/mol. The number of hydrogen-bond donors (Lipinski definition) is 1. The fourth-order valence-electron chi connectivity index (χ4n) is 1.83. The molecule has 0 bridgehead atoms. The van der Waals surface area contributed by atoms with Crippen LogP contribution in [-0.4, -0.2) is 9.78 Å². The average Bonchev–Trinajstić information content (AvgIpc) is 2.55. The van der Waals surface area contributed by atoms with E-state index in [-0.39, 0.29) is 0 Å². The lowest BCUT2D eigenvalue weighted by Crippen LogP contribution is -2.02. The van der Waals surface area contributed by atoms with Crippen molar-refractivity contribution in [2.75, 3.05) is 0 Å². The van der Waals surface area contributed by atoms with E-state index in [4.69, 9.17) is 17.3 Å². The van der Waals surface area contributed by atoms with Crippen LogP contribution in [0.15, 0.2) is 24.3 Å². The van der Waals surface area contributed by atoms with Crippen LogP contribution >= 0.6 is 11.6 Å². The maximum Gasteiger partial charge on any atom is 0.0835 e. The number of rotatable bonds is 2. The Labute approximate surface area is 99.8 Å². The molecule has 0 aliphatic rings. The van der Waals surface area contributed by atoms with Gasteiger partial charge in [0.05, 0.1) is 16.4 Å². The number of hydrogen-bond acceptors (Lipinski definition) is 2. The molecule has 2 rings (SSSR count). The third-order valence-corrected chi connectivity index (χ3v) is 3.05. The summed E-state index contributed by atoms with van der Waals surface area (Å²) in [6.07, 6.45) is 0. The minimum absolute atomic E-state index is 0.502. The molecule has 84 valence electrons. The molecule has 0 aliphatic heterocycles. The number of aryl methyl sites for hydroxylation is 1. The zero-order valence-electron chi connectivity index (χ0n) is 9.37. The quantitative estimate of drug-likeness (QED) is 0.870. The minimum atomic E-state index is 0.502. The smallest absolute Gasteiger partial charge is 0.0835 e. The molecule has 4 heteroatoms. The lowest BCUT2D eigenvalue weighted by atomic mass is 10.2. The predicted octanol–water partition coefficient (Wildman–Crippen LogP) is 2.60. The highest BCUT2D eigenvalue weighted by atomic mass is 35.5. The molecule has 0 amide bonds. The van der Waals surface area contributed by atoms with Crippen molar-refractivity contribution >= 4 is 11.6 Å². The van der Waals surface area contributed by atoms with Crippen molar-refractivity contribution in [3.05, 3.63) is 46.2 Å². The van der Waals surface area contributed by atoms with Gasteiger partial charge in [0, 0.05) is 17.8 Å². The molecule has 0 radical (unpaired) electrons. The Hall–Kier alpha value is -1.32. The summed E-state index contributed by atoms with van der Waals surface area (Å²) in [5.74, 6) is 0. The van der Waals surface area contributed by atoms with Gasteiger partial charge >= 0.3 is 0 Å². The van der Waals surface area contributed by atoms with Crippen molar-refractivity contribution in [1.29, 1.82) is 0 Å². The lowest BCUT2D eigenvalue weighted by molar-refractivity contribution is 0.832. The normalized spacial score (nSPS) is 10.8. The van der Waals surface area contributed by atoms with E-state index in [9.17, 15) is 0 Å². The number of aromatic nitrogens is 2. The van der Waals surface area contributed by atoms with Gasteiger partial charge in [0.15, 0.2) is 0 Å². The van der Waals surface area contributed by atoms with Gasteiger partial charge in [-0.15, -0.1) is 0 Å². The zero-order valence-corrected chi connectivity index (χ0v) is 10.1. The van der Waals surface area contributed by atoms with Crippen LogP contribution in [0.1, 0.15) is 17.0 Å². The minimum Gasteiger partial charge on any atom is -0.326 e. The van der Waals surface area contributed by atoms with Crippen LogP contribution in [0.3, 0.4) is 0 Å². The summed E-state index contributed by atoms with van der Waals surface area (Å²) < 4.78 is 1.85. The third kappa shape index (κ3) is 1.72. The van der Waals surface area contributed by atoms with Gasteiger partial charge in [-0.1, -0.05) is 23.7 Å². The Morgan fingerprint density at radius 3 is 2.56 bits per heavy atom. The van der Waals surface area contributed by atoms with Gasteiger partial charge in [0.1, 0.15) is 0 Å². The Morgan fingerprint density at radius 1 is 1.31 bits per heavy atom. The van der Waals surface area contributed by atoms with E-state index in [1.165, 1.54) is 0 Å². The molecule has 0 aliphatic carbocycles. The molecule has 0 spiro atoms. The van der Waals surface area contributed by atoms with E-state index in [1.807, 2.05) is 42.8 Å². The van der Waals surface area contributed by atoms with Gasteiger partial charge in [-0.2, -0.15) is 5.10 Å². The summed E-state index contributed by atoms with van der Waals surface area (Å²) in [5.41, 5.74) is 9.68. The lowest BCUT2D eigenvalue weighted by Gasteiger charge is -2.06. The van der Waals surface area contributed by atoms with E-state index >= 15 is 0 Å². The predicted molar refractivity (Wildman–Crippen MR) is 65.9 cm³/mol. The molecule has 1 heterocycles. The number of nitrogens with two attached hydrogens (primary N) is 1. The van der Waals surface area contributed by atoms with Crippen molar-refractivity contribution in [2.45, 2.75) is 20.4 Å². The second kappa shape index (κ2) is 4.28. The molecule has 2 aromatic rings. The summed E-state index contributed by atoms with van der Waals surface area (Å²) >= 11 is 6.14. The molecule has 0 unspecified atom stereocenters. The van der Waals surface area contributed by atoms with Crippen LogP contribution in [0.4, 0.5) is 0 Å². The number of nitrogens with zero attached hydrogens (tertiary/aromatic N) is 2. The van der Waals surface area contributed by atoms with Crippen molar-refractivity contribution in [3.63, 3.8) is 0 Å². The fraction of sp³-hybridized carbons (Fsp3) is 0.250. The molecular weight excluding hydrogens is 222 g/mol. The molecule has 0 atom stereocenters. The Bertz CT molecular complexity index is 517. The molecule has 16 heavy (non-hydrogen) atoms. The zero-order chi connectivity index (χ0) is 11.7. The number of benzene rings is 1. The highest BCUT2D eigenvalue weighted by molar-refractivity contribution is 6.32. The maximum absolute atomic E-state index is 6.14. The van der Waals surface area contributed by atoms with Gasteiger partial charge < -0.3 is 5.73 Å². The van der Waals surface area contributed by atoms with Crippen molar-refractivity contribution in [2.24, 2.45) is 5.73 Å². The van der Waals surface area contributed by atoms with Gasteiger partial charge in [-0.05, 0) is 26.0 Å². The first-order valence-corrected chi connectivity index (χ1v) is 5.53. The van der Waals surface area contributed by atoms with Crippen LogP contribution in [0.5, 0.6) is 0 Å². The summed E-state index contributed by atoms with van der Waals surface area (Å²) in [7, 11) is 0. The Balaban J connectivity index is 2.62. The highest BCUT2D eigenvalue weighted by Gasteiger charge is 2.12. The molecule has 0 saturated heterocycles. The van der Waals surface area contributed by atoms with Gasteiger partial charge in [0.2, 0.25) is 0 Å². The van der Waals surface area contributed by atoms with Crippen LogP contribution < -0.4 is 5.73 Å². The Morgan fingerprint density at radius 2 is 2.00 bits per heavy atom. The van der Waals surface area contributed by atoms with E-state index in [0.717, 1.165) is 22.6 Å². The van der Waals surface area contributed by atoms with Crippen molar-refractivity contribution in [1.82, 2.24) is 9.78 Å². The number of para-hydroxylation sites is 1. The van der Waals surface area contributed by atoms with E-state index < -0.39 is 0 Å². The third-order valence-electron chi connectivity index (χ3n) is 2.73. The summed E-state index contributed by atoms with van der Waals surface area (Å²) in [5, 5.41) is 5.16. The summed E-state index contributed by atoms with van der Waals surface area (Å²) in [6.45, 7) is 4.47. The molecule has 1 aromatic carbocycles. The van der Waals surface area contributed by atoms with Gasteiger partial charge in [-0.3, -0.25) is 0 Å². The molecule has 0 fully saturated rings. The number of halogens is 1. The topological polar surface area (TPSA) is 43.8 Å². The SMILES string of the molecule is Cc1nn(-c2ccccc2Cl)c(C)c1CN. The molecule has 3 nitrogen and oxygen atoms in total. The molecule has 2 N–H and O–H groups in total. The molecular formula is C12H14ClN3. The van der Waals surface area contributed by atoms with Gasteiger partial charge in [0.25, 0.3) is 0 Å². The Kier molecular flexibility index (Phi) is 2.99. The van der Waals surface area contributed by atoms with E-state index in [0.29, 0.717) is 11.6 Å². The summed E-state index contributed by atoms with van der Waals surface area (Å²) in [6, 6.07) is 7.65. The maximum atomic E-state index is 6.14. The standard InChI is InChI=1S/C12H14ClN3/c1-8-10(7-14)9(2)16(15-8)12-6-4-3-5-11(12)13/h3-6H,7,14H2,1-2H3. The van der Waals surface area contributed by atoms with Crippen molar-refractivity contribution < 1.29 is 0 Å². The van der Waals surface area contributed by atoms with Crippen molar-refractivity contribution in [3.8, 4) is 5.69 Å². The summed E-state index contributed by atoms with van der Waals surface area (Å²) in [4.78, 5) is 0. The first kappa shape index (κ1) is 11.2. The largest absolute Gasteiger partial charge is 0.326 e. The average molecular weight is 236 g/mol. The van der Waals surface area contributed by atoms with Crippen LogP contribution in [0, 0.1) is 13.8 Å². The second-order valence-electron chi connectivity index (χ2n) is 3.72. The van der Waals surface area contributed by atoms with Crippen LogP contribution in [0.2, 0.25) is 5.02 Å². The second-order valence-corrected chi connectivity index (χ2v) is 4.12. The first-order valence-electron chi connectivity index (χ1n) is 5.15. The van der Waals surface area contributed by atoms with Crippen LogP contribution in [0.25, 0.3) is 5.69 Å². The van der Waals surface area contributed by atoms with E-state index in [1.54, 1.807) is 0 Å². The molecule has 1 aromatic heterocycles. The molecule has 0 saturated carbocycles. The first-order chi connectivity index (χ1) is 7.65. The van der Waals surface area contributed by atoms with Gasteiger partial charge in [-0.25, -0.2) is 4.68 Å². The fourth-order valence-corrected chi connectivity index (χ4v) is 2.04. The van der Waals surface area contributed by atoms with E-state index in [2.05, 4.69) is 5.10 Å².